The Morgan fingerprint density at radius 2 is 2.15 bits per heavy atom. The molecular weight excluding hydrogens is 366 g/mol. The highest BCUT2D eigenvalue weighted by atomic mass is 35.5. The van der Waals surface area contributed by atoms with Crippen LogP contribution in [0.1, 0.15) is 13.3 Å². The number of halogens is 1. The second kappa shape index (κ2) is 8.86. The van der Waals surface area contributed by atoms with Crippen LogP contribution in [0.25, 0.3) is 0 Å². The number of ether oxygens (including phenoxy) is 1. The molecule has 0 bridgehead atoms. The minimum atomic E-state index is -0.349. The molecule has 0 radical (unpaired) electrons. The zero-order chi connectivity index (χ0) is 19.2. The Kier molecular flexibility index (Phi) is 6.29. The van der Waals surface area contributed by atoms with E-state index in [2.05, 4.69) is 4.98 Å². The number of rotatable bonds is 7. The SMILES string of the molecule is CCN(C(=O)C1CC(=O)N(CCOc2ccccc2Cl)C1)c1cccnc1. The number of carbonyl (C=O) groups excluding carboxylic acids is 2. The Morgan fingerprint density at radius 1 is 1.33 bits per heavy atom. The predicted molar refractivity (Wildman–Crippen MR) is 104 cm³/mol. The monoisotopic (exact) mass is 387 g/mol. The Labute approximate surface area is 163 Å². The van der Waals surface area contributed by atoms with Gasteiger partial charge in [0.1, 0.15) is 12.4 Å². The lowest BCUT2D eigenvalue weighted by molar-refractivity contribution is -0.128. The Morgan fingerprint density at radius 3 is 2.85 bits per heavy atom. The number of carbonyl (C=O) groups is 2. The molecule has 1 aromatic heterocycles. The van der Waals surface area contributed by atoms with Crippen molar-refractivity contribution < 1.29 is 14.3 Å². The number of likely N-dealkylation sites (tertiary alicyclic amines) is 1. The molecule has 2 heterocycles. The molecule has 0 N–H and O–H groups in total. The smallest absolute Gasteiger partial charge is 0.232 e. The fraction of sp³-hybridized carbons (Fsp3) is 0.350. The molecule has 3 rings (SSSR count). The first kappa shape index (κ1) is 19.2. The molecule has 1 fully saturated rings. The summed E-state index contributed by atoms with van der Waals surface area (Å²) in [7, 11) is 0. The van der Waals surface area contributed by atoms with Crippen LogP contribution in [0.4, 0.5) is 5.69 Å². The summed E-state index contributed by atoms with van der Waals surface area (Å²) in [6.07, 6.45) is 3.55. The number of aromatic nitrogens is 1. The van der Waals surface area contributed by atoms with Crippen molar-refractivity contribution in [2.24, 2.45) is 5.92 Å². The van der Waals surface area contributed by atoms with Crippen molar-refractivity contribution in [3.63, 3.8) is 0 Å². The van der Waals surface area contributed by atoms with E-state index in [1.165, 1.54) is 0 Å². The highest BCUT2D eigenvalue weighted by Crippen LogP contribution is 2.25. The maximum absolute atomic E-state index is 12.9. The summed E-state index contributed by atoms with van der Waals surface area (Å²) in [5, 5.41) is 0.536. The number of para-hydroxylation sites is 1. The summed E-state index contributed by atoms with van der Waals surface area (Å²) in [5.74, 6) is 0.164. The highest BCUT2D eigenvalue weighted by Gasteiger charge is 2.36. The molecule has 27 heavy (non-hydrogen) atoms. The largest absolute Gasteiger partial charge is 0.490 e. The quantitative estimate of drug-likeness (QED) is 0.732. The molecule has 7 heteroatoms. The number of benzene rings is 1. The molecule has 0 saturated carbocycles. The number of pyridine rings is 1. The lowest BCUT2D eigenvalue weighted by Crippen LogP contribution is -2.38. The van der Waals surface area contributed by atoms with E-state index in [0.717, 1.165) is 5.69 Å². The van der Waals surface area contributed by atoms with Crippen LogP contribution in [-0.2, 0) is 9.59 Å². The van der Waals surface area contributed by atoms with Gasteiger partial charge in [0.2, 0.25) is 11.8 Å². The molecule has 1 aromatic carbocycles. The number of hydrogen-bond donors (Lipinski definition) is 0. The summed E-state index contributed by atoms with van der Waals surface area (Å²) in [5.41, 5.74) is 0.748. The van der Waals surface area contributed by atoms with Gasteiger partial charge in [-0.05, 0) is 31.2 Å². The van der Waals surface area contributed by atoms with Gasteiger partial charge in [0, 0.05) is 25.7 Å². The Hall–Kier alpha value is -2.60. The molecule has 1 unspecified atom stereocenters. The highest BCUT2D eigenvalue weighted by molar-refractivity contribution is 6.32. The van der Waals surface area contributed by atoms with Crippen molar-refractivity contribution in [3.05, 3.63) is 53.8 Å². The van der Waals surface area contributed by atoms with Crippen molar-refractivity contribution in [1.29, 1.82) is 0 Å². The van der Waals surface area contributed by atoms with Crippen LogP contribution >= 0.6 is 11.6 Å². The van der Waals surface area contributed by atoms with Crippen molar-refractivity contribution >= 4 is 29.1 Å². The van der Waals surface area contributed by atoms with E-state index in [0.29, 0.717) is 37.0 Å². The van der Waals surface area contributed by atoms with Gasteiger partial charge in [0.25, 0.3) is 0 Å². The molecule has 2 amide bonds. The predicted octanol–water partition coefficient (Wildman–Crippen LogP) is 3.02. The van der Waals surface area contributed by atoms with Crippen LogP contribution in [0, 0.1) is 5.92 Å². The van der Waals surface area contributed by atoms with Crippen LogP contribution in [-0.4, -0.2) is 47.9 Å². The van der Waals surface area contributed by atoms with Gasteiger partial charge in [0.15, 0.2) is 0 Å². The summed E-state index contributed by atoms with van der Waals surface area (Å²) < 4.78 is 5.65. The second-order valence-corrected chi connectivity index (χ2v) is 6.72. The molecule has 1 aliphatic heterocycles. The third-order valence-electron chi connectivity index (χ3n) is 4.56. The van der Waals surface area contributed by atoms with Gasteiger partial charge in [-0.3, -0.25) is 14.6 Å². The molecule has 6 nitrogen and oxygen atoms in total. The molecule has 0 spiro atoms. The molecule has 1 atom stereocenters. The van der Waals surface area contributed by atoms with Gasteiger partial charge >= 0.3 is 0 Å². The molecule has 142 valence electrons. The van der Waals surface area contributed by atoms with Gasteiger partial charge in [0.05, 0.1) is 29.4 Å². The Balaban J connectivity index is 1.56. The van der Waals surface area contributed by atoms with Crippen molar-refractivity contribution in [1.82, 2.24) is 9.88 Å². The summed E-state index contributed by atoms with van der Waals surface area (Å²) >= 11 is 6.06. The third-order valence-corrected chi connectivity index (χ3v) is 4.87. The van der Waals surface area contributed by atoms with E-state index < -0.39 is 0 Å². The molecule has 1 aliphatic rings. The van der Waals surface area contributed by atoms with Gasteiger partial charge in [-0.25, -0.2) is 0 Å². The van der Waals surface area contributed by atoms with E-state index in [1.54, 1.807) is 40.4 Å². The molecule has 0 aliphatic carbocycles. The maximum atomic E-state index is 12.9. The normalized spacial score (nSPS) is 16.4. The zero-order valence-corrected chi connectivity index (χ0v) is 15.9. The topological polar surface area (TPSA) is 62.7 Å². The van der Waals surface area contributed by atoms with Crippen LogP contribution in [0.5, 0.6) is 5.75 Å². The number of amides is 2. The number of anilines is 1. The van der Waals surface area contributed by atoms with Crippen LogP contribution in [0.3, 0.4) is 0 Å². The summed E-state index contributed by atoms with van der Waals surface area (Å²) in [4.78, 5) is 32.6. The van der Waals surface area contributed by atoms with E-state index >= 15 is 0 Å². The lowest BCUT2D eigenvalue weighted by Gasteiger charge is -2.24. The van der Waals surface area contributed by atoms with Gasteiger partial charge in [-0.1, -0.05) is 23.7 Å². The van der Waals surface area contributed by atoms with Gasteiger partial charge in [-0.2, -0.15) is 0 Å². The van der Waals surface area contributed by atoms with E-state index in [9.17, 15) is 9.59 Å². The Bertz CT molecular complexity index is 800. The average Bonchev–Trinajstić information content (AvgIpc) is 3.05. The van der Waals surface area contributed by atoms with Gasteiger partial charge in [-0.15, -0.1) is 0 Å². The van der Waals surface area contributed by atoms with Crippen LogP contribution in [0.2, 0.25) is 5.02 Å². The van der Waals surface area contributed by atoms with Crippen LogP contribution in [0.15, 0.2) is 48.8 Å². The first-order chi connectivity index (χ1) is 13.1. The average molecular weight is 388 g/mol. The molecule has 2 aromatic rings. The van der Waals surface area contributed by atoms with Gasteiger partial charge < -0.3 is 14.5 Å². The minimum Gasteiger partial charge on any atom is -0.490 e. The first-order valence-electron chi connectivity index (χ1n) is 8.96. The zero-order valence-electron chi connectivity index (χ0n) is 15.2. The first-order valence-corrected chi connectivity index (χ1v) is 9.34. The number of hydrogen-bond acceptors (Lipinski definition) is 4. The number of nitrogens with zero attached hydrogens (tertiary/aromatic N) is 3. The van der Waals surface area contributed by atoms with Crippen LogP contribution < -0.4 is 9.64 Å². The third kappa shape index (κ3) is 4.57. The standard InChI is InChI=1S/C20H22ClN3O3/c1-2-24(16-6-5-9-22-13-16)20(26)15-12-19(25)23(14-15)10-11-27-18-8-4-3-7-17(18)21/h3-9,13,15H,2,10-12,14H2,1H3. The van der Waals surface area contributed by atoms with Crippen molar-refractivity contribution in [3.8, 4) is 5.75 Å². The summed E-state index contributed by atoms with van der Waals surface area (Å²) in [6, 6.07) is 10.9. The van der Waals surface area contributed by atoms with Crippen molar-refractivity contribution in [2.75, 3.05) is 31.1 Å². The maximum Gasteiger partial charge on any atom is 0.232 e. The minimum absolute atomic E-state index is 0.0293. The van der Waals surface area contributed by atoms with E-state index in [-0.39, 0.29) is 24.2 Å². The molecular formula is C20H22ClN3O3. The fourth-order valence-electron chi connectivity index (χ4n) is 3.18. The van der Waals surface area contributed by atoms with E-state index in [4.69, 9.17) is 16.3 Å². The lowest BCUT2D eigenvalue weighted by atomic mass is 10.1. The summed E-state index contributed by atoms with van der Waals surface area (Å²) in [6.45, 7) is 3.60. The molecule has 1 saturated heterocycles. The second-order valence-electron chi connectivity index (χ2n) is 6.31. The van der Waals surface area contributed by atoms with Crippen molar-refractivity contribution in [2.45, 2.75) is 13.3 Å². The van der Waals surface area contributed by atoms with E-state index in [1.807, 2.05) is 25.1 Å². The fourth-order valence-corrected chi connectivity index (χ4v) is 3.37.